The topological polar surface area (TPSA) is 42.7 Å². The van der Waals surface area contributed by atoms with Crippen molar-refractivity contribution in [3.05, 3.63) is 159 Å². The van der Waals surface area contributed by atoms with Crippen LogP contribution >= 0.6 is 34.5 Å². The predicted molar refractivity (Wildman–Crippen MR) is 192 cm³/mol. The number of aryl methyl sites for hydroxylation is 1. The summed E-state index contributed by atoms with van der Waals surface area (Å²) >= 11 is 14.4. The van der Waals surface area contributed by atoms with E-state index in [9.17, 15) is 0 Å². The monoisotopic (exact) mass is 662 g/mol. The Morgan fingerprint density at radius 3 is 1.98 bits per heavy atom. The molecule has 2 aromatic heterocycles. The van der Waals surface area contributed by atoms with E-state index in [1.807, 2.05) is 18.5 Å². The fourth-order valence-corrected chi connectivity index (χ4v) is 8.29. The van der Waals surface area contributed by atoms with E-state index in [0.29, 0.717) is 16.0 Å². The second kappa shape index (κ2) is 13.1. The molecule has 232 valence electrons. The summed E-state index contributed by atoms with van der Waals surface area (Å²) in [7, 11) is 0. The number of rotatable bonds is 11. The van der Waals surface area contributed by atoms with Gasteiger partial charge in [-0.3, -0.25) is 0 Å². The third kappa shape index (κ3) is 5.77. The number of halogens is 2. The van der Waals surface area contributed by atoms with Gasteiger partial charge in [0, 0.05) is 33.6 Å². The molecule has 0 spiro atoms. The van der Waals surface area contributed by atoms with Gasteiger partial charge in [-0.05, 0) is 67.0 Å². The van der Waals surface area contributed by atoms with Gasteiger partial charge >= 0.3 is 0 Å². The summed E-state index contributed by atoms with van der Waals surface area (Å²) in [5.74, 6) is 0.824. The maximum Gasteiger partial charge on any atom is 0.183 e. The highest BCUT2D eigenvalue weighted by molar-refractivity contribution is 7.16. The van der Waals surface area contributed by atoms with E-state index in [2.05, 4.69) is 121 Å². The highest BCUT2D eigenvalue weighted by Crippen LogP contribution is 2.47. The Kier molecular flexibility index (Phi) is 8.74. The zero-order valence-electron chi connectivity index (χ0n) is 25.9. The van der Waals surface area contributed by atoms with Gasteiger partial charge in [0.1, 0.15) is 5.54 Å². The van der Waals surface area contributed by atoms with Crippen molar-refractivity contribution in [3.63, 3.8) is 0 Å². The van der Waals surface area contributed by atoms with Crippen molar-refractivity contribution in [2.45, 2.75) is 50.6 Å². The van der Waals surface area contributed by atoms with Crippen molar-refractivity contribution in [2.75, 3.05) is 5.32 Å². The summed E-state index contributed by atoms with van der Waals surface area (Å²) in [4.78, 5) is 11.3. The molecular weight excluding hydrogens is 627 g/mol. The van der Waals surface area contributed by atoms with Crippen LogP contribution in [0.25, 0.3) is 11.3 Å². The SMILES string of the molecule is CCC(Nc1nc(-c2ccc(Cl)cc2Cl)c(C)s1)C(c1cn(C(c2ccccc2)(c2ccccc2)c2ccccc2)cn1)C1CC1. The van der Waals surface area contributed by atoms with Crippen LogP contribution in [-0.2, 0) is 5.54 Å². The molecular formula is C39H36Cl2N4S. The molecule has 1 aliphatic carbocycles. The van der Waals surface area contributed by atoms with Crippen LogP contribution < -0.4 is 5.32 Å². The Bertz CT molecular complexity index is 1820. The van der Waals surface area contributed by atoms with E-state index >= 15 is 0 Å². The molecule has 1 aliphatic rings. The van der Waals surface area contributed by atoms with Gasteiger partial charge in [-0.2, -0.15) is 0 Å². The lowest BCUT2D eigenvalue weighted by Gasteiger charge is -2.37. The predicted octanol–water partition coefficient (Wildman–Crippen LogP) is 10.8. The number of aromatic nitrogens is 3. The Morgan fingerprint density at radius 1 is 0.870 bits per heavy atom. The van der Waals surface area contributed by atoms with Gasteiger partial charge in [0.05, 0.1) is 22.7 Å². The number of thiazole rings is 1. The van der Waals surface area contributed by atoms with Crippen molar-refractivity contribution in [2.24, 2.45) is 5.92 Å². The minimum absolute atomic E-state index is 0.175. The number of nitrogens with zero attached hydrogens (tertiary/aromatic N) is 3. The van der Waals surface area contributed by atoms with Gasteiger partial charge in [0.15, 0.2) is 5.13 Å². The molecule has 6 aromatic rings. The van der Waals surface area contributed by atoms with Gasteiger partial charge in [-0.1, -0.05) is 121 Å². The van der Waals surface area contributed by atoms with Crippen molar-refractivity contribution in [1.29, 1.82) is 0 Å². The first-order valence-electron chi connectivity index (χ1n) is 15.9. The fraction of sp³-hybridized carbons (Fsp3) is 0.231. The fourth-order valence-electron chi connectivity index (χ4n) is 6.90. The van der Waals surface area contributed by atoms with Gasteiger partial charge < -0.3 is 9.88 Å². The zero-order valence-corrected chi connectivity index (χ0v) is 28.2. The molecule has 0 saturated heterocycles. The van der Waals surface area contributed by atoms with Crippen molar-refractivity contribution >= 4 is 39.7 Å². The molecule has 4 aromatic carbocycles. The average molecular weight is 664 g/mol. The second-order valence-corrected chi connectivity index (χ2v) is 14.1. The normalized spacial score (nSPS) is 14.6. The van der Waals surface area contributed by atoms with Gasteiger partial charge in [0.25, 0.3) is 0 Å². The van der Waals surface area contributed by atoms with Crippen LogP contribution in [0, 0.1) is 12.8 Å². The van der Waals surface area contributed by atoms with E-state index in [-0.39, 0.29) is 12.0 Å². The van der Waals surface area contributed by atoms with Gasteiger partial charge in [0.2, 0.25) is 0 Å². The van der Waals surface area contributed by atoms with Crippen molar-refractivity contribution < 1.29 is 0 Å². The number of hydrogen-bond acceptors (Lipinski definition) is 4. The van der Waals surface area contributed by atoms with Crippen LogP contribution in [0.5, 0.6) is 0 Å². The minimum Gasteiger partial charge on any atom is -0.358 e. The number of imidazole rings is 1. The number of anilines is 1. The van der Waals surface area contributed by atoms with E-state index in [0.717, 1.165) is 33.4 Å². The first kappa shape index (κ1) is 30.7. The molecule has 0 amide bonds. The quantitative estimate of drug-likeness (QED) is 0.140. The van der Waals surface area contributed by atoms with Crippen LogP contribution in [0.3, 0.4) is 0 Å². The molecule has 1 fully saturated rings. The average Bonchev–Trinajstić information content (AvgIpc) is 3.69. The van der Waals surface area contributed by atoms with Crippen LogP contribution in [0.1, 0.15) is 59.4 Å². The van der Waals surface area contributed by atoms with Gasteiger partial charge in [-0.15, -0.1) is 11.3 Å². The Hall–Kier alpha value is -3.90. The molecule has 7 heteroatoms. The van der Waals surface area contributed by atoms with E-state index in [4.69, 9.17) is 33.2 Å². The van der Waals surface area contributed by atoms with Crippen LogP contribution in [-0.4, -0.2) is 20.6 Å². The molecule has 0 bridgehead atoms. The molecule has 2 unspecified atom stereocenters. The van der Waals surface area contributed by atoms with Crippen LogP contribution in [0.15, 0.2) is 122 Å². The molecule has 2 atom stereocenters. The second-order valence-electron chi connectivity index (χ2n) is 12.1. The lowest BCUT2D eigenvalue weighted by atomic mass is 9.76. The third-order valence-electron chi connectivity index (χ3n) is 9.20. The standard InChI is InChI=1S/C39H36Cl2N4S/c1-3-34(43-38-44-37(26(2)46-38)32-22-21-31(40)23-33(32)41)36(27-19-20-27)35-24-45(25-42-35)39(28-13-7-4-8-14-28,29-15-9-5-10-16-29)30-17-11-6-12-18-30/h4-18,21-25,27,34,36H,3,19-20H2,1-2H3,(H,43,44). The molecule has 1 saturated carbocycles. The smallest absolute Gasteiger partial charge is 0.183 e. The molecule has 46 heavy (non-hydrogen) atoms. The summed E-state index contributed by atoms with van der Waals surface area (Å²) in [5.41, 5.74) is 5.90. The number of nitrogens with one attached hydrogen (secondary N) is 1. The van der Waals surface area contributed by atoms with Crippen molar-refractivity contribution in [1.82, 2.24) is 14.5 Å². The highest BCUT2D eigenvalue weighted by atomic mass is 35.5. The molecule has 7 rings (SSSR count). The lowest BCUT2D eigenvalue weighted by molar-refractivity contribution is 0.483. The minimum atomic E-state index is -0.586. The van der Waals surface area contributed by atoms with Crippen molar-refractivity contribution in [3.8, 4) is 11.3 Å². The summed E-state index contributed by atoms with van der Waals surface area (Å²) in [5, 5.41) is 5.98. The largest absolute Gasteiger partial charge is 0.358 e. The van der Waals surface area contributed by atoms with Crippen LogP contribution in [0.4, 0.5) is 5.13 Å². The summed E-state index contributed by atoms with van der Waals surface area (Å²) in [6.07, 6.45) is 7.70. The maximum atomic E-state index is 6.58. The molecule has 4 nitrogen and oxygen atoms in total. The van der Waals surface area contributed by atoms with E-state index in [1.54, 1.807) is 17.4 Å². The lowest BCUT2D eigenvalue weighted by Crippen LogP contribution is -2.37. The first-order valence-corrected chi connectivity index (χ1v) is 17.5. The summed E-state index contributed by atoms with van der Waals surface area (Å²) in [6, 6.07) is 38.1. The maximum absolute atomic E-state index is 6.58. The number of hydrogen-bond donors (Lipinski definition) is 1. The third-order valence-corrected chi connectivity index (χ3v) is 10.7. The summed E-state index contributed by atoms with van der Waals surface area (Å²) < 4.78 is 2.33. The Balaban J connectivity index is 1.29. The van der Waals surface area contributed by atoms with Gasteiger partial charge in [-0.25, -0.2) is 9.97 Å². The molecule has 2 heterocycles. The zero-order chi connectivity index (χ0) is 31.7. The van der Waals surface area contributed by atoms with E-state index < -0.39 is 5.54 Å². The first-order chi connectivity index (χ1) is 22.5. The molecule has 0 radical (unpaired) electrons. The van der Waals surface area contributed by atoms with E-state index in [1.165, 1.54) is 29.5 Å². The number of benzene rings is 4. The molecule has 0 aliphatic heterocycles. The van der Waals surface area contributed by atoms with Crippen LogP contribution in [0.2, 0.25) is 10.0 Å². The summed E-state index contributed by atoms with van der Waals surface area (Å²) in [6.45, 7) is 4.35. The Morgan fingerprint density at radius 2 is 1.46 bits per heavy atom. The highest BCUT2D eigenvalue weighted by Gasteiger charge is 2.42. The molecule has 1 N–H and O–H groups in total. The Labute approximate surface area is 285 Å².